The number of benzene rings is 1. The number of nitrogens with one attached hydrogen (secondary N) is 2. The lowest BCUT2D eigenvalue weighted by Gasteiger charge is -2.08. The minimum absolute atomic E-state index is 0.0288. The van der Waals surface area contributed by atoms with Crippen LogP contribution in [0.5, 0.6) is 0 Å². The Labute approximate surface area is 134 Å². The van der Waals surface area contributed by atoms with Gasteiger partial charge in [-0.2, -0.15) is 0 Å². The molecule has 0 atom stereocenters. The van der Waals surface area contributed by atoms with Gasteiger partial charge in [-0.25, -0.2) is 18.1 Å². The van der Waals surface area contributed by atoms with Crippen LogP contribution in [0, 0.1) is 6.92 Å². The number of nitrogens with zero attached hydrogens (tertiary/aromatic N) is 2. The van der Waals surface area contributed by atoms with Crippen molar-refractivity contribution in [2.24, 2.45) is 0 Å². The SMILES string of the molecule is Cc1cnc(C(=O)Nc2cccc(S(=O)(=O)NC3CC3)c2)cn1. The number of carbonyl (C=O) groups is 1. The van der Waals surface area contributed by atoms with E-state index in [0.29, 0.717) is 11.4 Å². The average molecular weight is 332 g/mol. The molecule has 0 saturated heterocycles. The maximum absolute atomic E-state index is 12.2. The zero-order valence-electron chi connectivity index (χ0n) is 12.5. The molecule has 0 bridgehead atoms. The number of aryl methyl sites for hydroxylation is 1. The number of anilines is 1. The summed E-state index contributed by atoms with van der Waals surface area (Å²) in [6.45, 7) is 1.77. The van der Waals surface area contributed by atoms with Gasteiger partial charge in [0.2, 0.25) is 10.0 Å². The standard InChI is InChI=1S/C15H16N4O3S/c1-10-8-17-14(9-16-10)15(20)18-12-3-2-4-13(7-12)23(21,22)19-11-5-6-11/h2-4,7-9,11,19H,5-6H2,1H3,(H,18,20). The highest BCUT2D eigenvalue weighted by Crippen LogP contribution is 2.23. The molecule has 1 amide bonds. The third-order valence-electron chi connectivity index (χ3n) is 3.31. The minimum atomic E-state index is -3.55. The molecule has 1 saturated carbocycles. The molecule has 0 aliphatic heterocycles. The van der Waals surface area contributed by atoms with E-state index in [1.807, 2.05) is 0 Å². The van der Waals surface area contributed by atoms with E-state index in [-0.39, 0.29) is 16.6 Å². The van der Waals surface area contributed by atoms with E-state index in [9.17, 15) is 13.2 Å². The van der Waals surface area contributed by atoms with Crippen molar-refractivity contribution in [2.75, 3.05) is 5.32 Å². The molecule has 1 fully saturated rings. The molecule has 0 unspecified atom stereocenters. The Hall–Kier alpha value is -2.32. The number of sulfonamides is 1. The highest BCUT2D eigenvalue weighted by atomic mass is 32.2. The summed E-state index contributed by atoms with van der Waals surface area (Å²) in [4.78, 5) is 20.2. The van der Waals surface area contributed by atoms with Crippen molar-refractivity contribution in [3.8, 4) is 0 Å². The van der Waals surface area contributed by atoms with Crippen LogP contribution in [0.15, 0.2) is 41.6 Å². The molecule has 1 aliphatic rings. The van der Waals surface area contributed by atoms with Crippen molar-refractivity contribution in [3.05, 3.63) is 48.0 Å². The van der Waals surface area contributed by atoms with Gasteiger partial charge in [0.05, 0.1) is 16.8 Å². The number of hydrogen-bond acceptors (Lipinski definition) is 5. The number of aromatic nitrogens is 2. The van der Waals surface area contributed by atoms with Gasteiger partial charge in [0.15, 0.2) is 0 Å². The molecule has 7 nitrogen and oxygen atoms in total. The van der Waals surface area contributed by atoms with Crippen LogP contribution >= 0.6 is 0 Å². The van der Waals surface area contributed by atoms with Crippen molar-refractivity contribution in [2.45, 2.75) is 30.7 Å². The molecular formula is C15H16N4O3S. The Morgan fingerprint density at radius 2 is 2.00 bits per heavy atom. The lowest BCUT2D eigenvalue weighted by molar-refractivity contribution is 0.102. The van der Waals surface area contributed by atoms with Gasteiger partial charge in [-0.05, 0) is 38.0 Å². The van der Waals surface area contributed by atoms with Gasteiger partial charge in [0, 0.05) is 17.9 Å². The second kappa shape index (κ2) is 6.05. The van der Waals surface area contributed by atoms with E-state index in [4.69, 9.17) is 0 Å². The highest BCUT2D eigenvalue weighted by Gasteiger charge is 2.28. The Balaban J connectivity index is 1.77. The maximum Gasteiger partial charge on any atom is 0.275 e. The van der Waals surface area contributed by atoms with Gasteiger partial charge in [0.25, 0.3) is 5.91 Å². The Bertz CT molecular complexity index is 830. The Morgan fingerprint density at radius 3 is 2.65 bits per heavy atom. The van der Waals surface area contributed by atoms with Crippen LogP contribution in [0.25, 0.3) is 0 Å². The fourth-order valence-corrected chi connectivity index (χ4v) is 3.29. The van der Waals surface area contributed by atoms with E-state index in [2.05, 4.69) is 20.0 Å². The summed E-state index contributed by atoms with van der Waals surface area (Å²) in [6.07, 6.45) is 4.60. The molecule has 1 aliphatic carbocycles. The van der Waals surface area contributed by atoms with Gasteiger partial charge in [-0.15, -0.1) is 0 Å². The van der Waals surface area contributed by atoms with Crippen LogP contribution in [0.2, 0.25) is 0 Å². The third kappa shape index (κ3) is 3.91. The van der Waals surface area contributed by atoms with Gasteiger partial charge in [-0.1, -0.05) is 6.07 Å². The summed E-state index contributed by atoms with van der Waals surface area (Å²) in [6, 6.07) is 6.14. The van der Waals surface area contributed by atoms with Crippen LogP contribution in [-0.4, -0.2) is 30.3 Å². The van der Waals surface area contributed by atoms with Crippen molar-refractivity contribution in [3.63, 3.8) is 0 Å². The molecular weight excluding hydrogens is 316 g/mol. The monoisotopic (exact) mass is 332 g/mol. The third-order valence-corrected chi connectivity index (χ3v) is 4.83. The molecule has 120 valence electrons. The zero-order chi connectivity index (χ0) is 16.4. The summed E-state index contributed by atoms with van der Waals surface area (Å²) in [5.41, 5.74) is 1.26. The predicted molar refractivity (Wildman–Crippen MR) is 84.5 cm³/mol. The molecule has 1 aromatic carbocycles. The molecule has 1 aromatic heterocycles. The van der Waals surface area contributed by atoms with Crippen molar-refractivity contribution >= 4 is 21.6 Å². The number of amides is 1. The Kier molecular flexibility index (Phi) is 4.10. The number of rotatable bonds is 5. The predicted octanol–water partition coefficient (Wildman–Crippen LogP) is 1.48. The Morgan fingerprint density at radius 1 is 1.22 bits per heavy atom. The summed E-state index contributed by atoms with van der Waals surface area (Å²) >= 11 is 0. The first-order valence-corrected chi connectivity index (χ1v) is 8.65. The lowest BCUT2D eigenvalue weighted by Crippen LogP contribution is -2.25. The fraction of sp³-hybridized carbons (Fsp3) is 0.267. The molecule has 2 aromatic rings. The average Bonchev–Trinajstić information content (AvgIpc) is 3.31. The first kappa shape index (κ1) is 15.6. The van der Waals surface area contributed by atoms with Gasteiger partial charge in [-0.3, -0.25) is 9.78 Å². The van der Waals surface area contributed by atoms with Gasteiger partial charge < -0.3 is 5.32 Å². The summed E-state index contributed by atoms with van der Waals surface area (Å²) in [5, 5.41) is 2.63. The molecule has 23 heavy (non-hydrogen) atoms. The quantitative estimate of drug-likeness (QED) is 0.863. The van der Waals surface area contributed by atoms with E-state index in [1.54, 1.807) is 19.1 Å². The molecule has 3 rings (SSSR count). The first-order valence-electron chi connectivity index (χ1n) is 7.16. The smallest absolute Gasteiger partial charge is 0.275 e. The van der Waals surface area contributed by atoms with E-state index in [0.717, 1.165) is 12.8 Å². The van der Waals surface area contributed by atoms with Crippen molar-refractivity contribution in [1.82, 2.24) is 14.7 Å². The zero-order valence-corrected chi connectivity index (χ0v) is 13.3. The first-order chi connectivity index (χ1) is 10.9. The lowest BCUT2D eigenvalue weighted by atomic mass is 10.3. The molecule has 1 heterocycles. The van der Waals surface area contributed by atoms with Crippen LogP contribution in [0.4, 0.5) is 5.69 Å². The summed E-state index contributed by atoms with van der Waals surface area (Å²) in [5.74, 6) is -0.442. The number of carbonyl (C=O) groups excluding carboxylic acids is 1. The van der Waals surface area contributed by atoms with Crippen LogP contribution in [-0.2, 0) is 10.0 Å². The van der Waals surface area contributed by atoms with Crippen molar-refractivity contribution in [1.29, 1.82) is 0 Å². The highest BCUT2D eigenvalue weighted by molar-refractivity contribution is 7.89. The number of hydrogen-bond donors (Lipinski definition) is 2. The molecule has 2 N–H and O–H groups in total. The summed E-state index contributed by atoms with van der Waals surface area (Å²) in [7, 11) is -3.55. The van der Waals surface area contributed by atoms with Crippen molar-refractivity contribution < 1.29 is 13.2 Å². The largest absolute Gasteiger partial charge is 0.321 e. The minimum Gasteiger partial charge on any atom is -0.321 e. The van der Waals surface area contributed by atoms with E-state index >= 15 is 0 Å². The topological polar surface area (TPSA) is 101 Å². The van der Waals surface area contributed by atoms with Gasteiger partial charge in [0.1, 0.15) is 5.69 Å². The second-order valence-electron chi connectivity index (χ2n) is 5.42. The molecule has 0 radical (unpaired) electrons. The van der Waals surface area contributed by atoms with Crippen LogP contribution < -0.4 is 10.0 Å². The summed E-state index contributed by atoms with van der Waals surface area (Å²) < 4.78 is 27.0. The van der Waals surface area contributed by atoms with Crippen LogP contribution in [0.1, 0.15) is 29.0 Å². The molecule has 0 spiro atoms. The second-order valence-corrected chi connectivity index (χ2v) is 7.13. The maximum atomic E-state index is 12.2. The van der Waals surface area contributed by atoms with Gasteiger partial charge >= 0.3 is 0 Å². The van der Waals surface area contributed by atoms with E-state index < -0.39 is 15.9 Å². The van der Waals surface area contributed by atoms with Crippen LogP contribution in [0.3, 0.4) is 0 Å². The fourth-order valence-electron chi connectivity index (χ4n) is 1.93. The normalized spacial score (nSPS) is 14.5. The molecule has 8 heteroatoms. The van der Waals surface area contributed by atoms with E-state index in [1.165, 1.54) is 24.5 Å².